The Balaban J connectivity index is 1.98. The monoisotopic (exact) mass is 302 g/mol. The first-order chi connectivity index (χ1) is 9.02. The van der Waals surface area contributed by atoms with E-state index >= 15 is 0 Å². The fraction of sp³-hybridized carbons (Fsp3) is 0.462. The van der Waals surface area contributed by atoms with Gasteiger partial charge >= 0.3 is 0 Å². The van der Waals surface area contributed by atoms with Crippen molar-refractivity contribution >= 4 is 34.8 Å². The number of halogens is 2. The zero-order chi connectivity index (χ0) is 14.0. The van der Waals surface area contributed by atoms with E-state index in [1.54, 1.807) is 0 Å². The molecular weight excluding hydrogens is 287 g/mol. The topological polar surface area (TPSA) is 55.6 Å². The number of amides is 1. The van der Waals surface area contributed by atoms with Gasteiger partial charge in [0.05, 0.1) is 15.7 Å². The second-order valence-electron chi connectivity index (χ2n) is 4.50. The molecule has 2 N–H and O–H groups in total. The third kappa shape index (κ3) is 3.45. The molecule has 104 valence electrons. The summed E-state index contributed by atoms with van der Waals surface area (Å²) in [6.07, 6.45) is 2.16. The number of likely N-dealkylation sites (N-methyl/N-ethyl adjacent to an activating group) is 1. The second kappa shape index (κ2) is 5.88. The van der Waals surface area contributed by atoms with Crippen molar-refractivity contribution in [1.82, 2.24) is 4.90 Å². The molecule has 1 aromatic rings. The van der Waals surface area contributed by atoms with Crippen molar-refractivity contribution in [1.29, 1.82) is 0 Å². The SMILES string of the molecule is CCN(C(=O)COc1cc(Cl)c(Cl)cc1N)C1CC1. The molecule has 1 amide bonds. The van der Waals surface area contributed by atoms with Crippen molar-refractivity contribution in [3.05, 3.63) is 22.2 Å². The number of nitrogens with two attached hydrogens (primary N) is 1. The third-order valence-corrected chi connectivity index (χ3v) is 3.77. The molecule has 1 aliphatic carbocycles. The Bertz CT molecular complexity index is 490. The number of anilines is 1. The van der Waals surface area contributed by atoms with Crippen molar-refractivity contribution < 1.29 is 9.53 Å². The van der Waals surface area contributed by atoms with Gasteiger partial charge in [-0.15, -0.1) is 0 Å². The van der Waals surface area contributed by atoms with Crippen LogP contribution in [0, 0.1) is 0 Å². The summed E-state index contributed by atoms with van der Waals surface area (Å²) in [5.41, 5.74) is 6.14. The highest BCUT2D eigenvalue weighted by atomic mass is 35.5. The van der Waals surface area contributed by atoms with Gasteiger partial charge in [0, 0.05) is 18.7 Å². The third-order valence-electron chi connectivity index (χ3n) is 3.05. The molecule has 0 bridgehead atoms. The minimum absolute atomic E-state index is 0.0320. The zero-order valence-corrected chi connectivity index (χ0v) is 12.2. The molecule has 1 saturated carbocycles. The van der Waals surface area contributed by atoms with Gasteiger partial charge in [-0.05, 0) is 25.8 Å². The van der Waals surface area contributed by atoms with Crippen molar-refractivity contribution in [3.8, 4) is 5.75 Å². The molecule has 1 aromatic carbocycles. The second-order valence-corrected chi connectivity index (χ2v) is 5.32. The van der Waals surface area contributed by atoms with Gasteiger partial charge in [-0.1, -0.05) is 23.2 Å². The first-order valence-corrected chi connectivity index (χ1v) is 6.95. The Hall–Kier alpha value is -1.13. The van der Waals surface area contributed by atoms with Crippen LogP contribution in [0.15, 0.2) is 12.1 Å². The van der Waals surface area contributed by atoms with E-state index in [2.05, 4.69) is 0 Å². The maximum atomic E-state index is 12.0. The quantitative estimate of drug-likeness (QED) is 0.851. The number of hydrogen-bond acceptors (Lipinski definition) is 3. The van der Waals surface area contributed by atoms with Crippen molar-refractivity contribution in [2.75, 3.05) is 18.9 Å². The summed E-state index contributed by atoms with van der Waals surface area (Å²) >= 11 is 11.7. The van der Waals surface area contributed by atoms with E-state index < -0.39 is 0 Å². The van der Waals surface area contributed by atoms with E-state index in [-0.39, 0.29) is 12.5 Å². The van der Waals surface area contributed by atoms with E-state index in [0.29, 0.717) is 34.1 Å². The molecule has 0 saturated heterocycles. The van der Waals surface area contributed by atoms with Gasteiger partial charge in [0.15, 0.2) is 6.61 Å². The van der Waals surface area contributed by atoms with Crippen LogP contribution >= 0.6 is 23.2 Å². The molecule has 0 atom stereocenters. The molecule has 4 nitrogen and oxygen atoms in total. The summed E-state index contributed by atoms with van der Waals surface area (Å²) in [6, 6.07) is 3.43. The fourth-order valence-electron chi connectivity index (χ4n) is 1.92. The lowest BCUT2D eigenvalue weighted by atomic mass is 10.3. The van der Waals surface area contributed by atoms with Crippen LogP contribution < -0.4 is 10.5 Å². The van der Waals surface area contributed by atoms with E-state index in [1.165, 1.54) is 12.1 Å². The van der Waals surface area contributed by atoms with Crippen molar-refractivity contribution in [2.24, 2.45) is 0 Å². The highest BCUT2D eigenvalue weighted by Gasteiger charge is 2.31. The van der Waals surface area contributed by atoms with Gasteiger partial charge in [0.25, 0.3) is 5.91 Å². The number of nitrogens with zero attached hydrogens (tertiary/aromatic N) is 1. The lowest BCUT2D eigenvalue weighted by Gasteiger charge is -2.20. The van der Waals surface area contributed by atoms with Crippen LogP contribution in [0.25, 0.3) is 0 Å². The van der Waals surface area contributed by atoms with Crippen LogP contribution in [-0.4, -0.2) is 30.0 Å². The summed E-state index contributed by atoms with van der Waals surface area (Å²) in [5, 5.41) is 0.721. The molecule has 0 radical (unpaired) electrons. The van der Waals surface area contributed by atoms with Crippen LogP contribution in [-0.2, 0) is 4.79 Å². The number of carbonyl (C=O) groups excluding carboxylic acids is 1. The summed E-state index contributed by atoms with van der Waals surface area (Å²) in [5.74, 6) is 0.352. The van der Waals surface area contributed by atoms with E-state index in [0.717, 1.165) is 12.8 Å². The molecule has 0 heterocycles. The van der Waals surface area contributed by atoms with Crippen LogP contribution in [0.2, 0.25) is 10.0 Å². The highest BCUT2D eigenvalue weighted by molar-refractivity contribution is 6.42. The number of carbonyl (C=O) groups is 1. The summed E-state index contributed by atoms with van der Waals surface area (Å²) in [4.78, 5) is 13.8. The molecule has 0 spiro atoms. The Labute approximate surface area is 122 Å². The Morgan fingerprint density at radius 1 is 1.42 bits per heavy atom. The molecule has 0 aliphatic heterocycles. The van der Waals surface area contributed by atoms with Gasteiger partial charge in [-0.2, -0.15) is 0 Å². The molecule has 19 heavy (non-hydrogen) atoms. The minimum atomic E-state index is -0.0352. The number of benzene rings is 1. The van der Waals surface area contributed by atoms with Crippen LogP contribution in [0.5, 0.6) is 5.75 Å². The Morgan fingerprint density at radius 2 is 2.05 bits per heavy atom. The average Bonchev–Trinajstić information content (AvgIpc) is 3.17. The minimum Gasteiger partial charge on any atom is -0.482 e. The maximum Gasteiger partial charge on any atom is 0.260 e. The largest absolute Gasteiger partial charge is 0.482 e. The summed E-state index contributed by atoms with van der Waals surface area (Å²) in [6.45, 7) is 2.62. The standard InChI is InChI=1S/C13H16Cl2N2O2/c1-2-17(8-3-4-8)13(18)7-19-12-6-10(15)9(14)5-11(12)16/h5-6,8H,2-4,7,16H2,1H3. The highest BCUT2D eigenvalue weighted by Crippen LogP contribution is 2.32. The predicted octanol–water partition coefficient (Wildman–Crippen LogP) is 2.97. The lowest BCUT2D eigenvalue weighted by Crippen LogP contribution is -2.36. The molecular formula is C13H16Cl2N2O2. The van der Waals surface area contributed by atoms with E-state index in [1.807, 2.05) is 11.8 Å². The van der Waals surface area contributed by atoms with Gasteiger partial charge in [-0.25, -0.2) is 0 Å². The smallest absolute Gasteiger partial charge is 0.260 e. The molecule has 1 fully saturated rings. The predicted molar refractivity (Wildman–Crippen MR) is 76.8 cm³/mol. The first-order valence-electron chi connectivity index (χ1n) is 6.19. The first kappa shape index (κ1) is 14.3. The molecule has 2 rings (SSSR count). The van der Waals surface area contributed by atoms with Crippen LogP contribution in [0.3, 0.4) is 0 Å². The van der Waals surface area contributed by atoms with Gasteiger partial charge < -0.3 is 15.4 Å². The summed E-state index contributed by atoms with van der Waals surface area (Å²) in [7, 11) is 0. The van der Waals surface area contributed by atoms with Crippen molar-refractivity contribution in [3.63, 3.8) is 0 Å². The fourth-order valence-corrected chi connectivity index (χ4v) is 2.24. The zero-order valence-electron chi connectivity index (χ0n) is 10.7. The maximum absolute atomic E-state index is 12.0. The van der Waals surface area contributed by atoms with Crippen LogP contribution in [0.4, 0.5) is 5.69 Å². The Kier molecular flexibility index (Phi) is 4.42. The molecule has 6 heteroatoms. The molecule has 1 aliphatic rings. The normalized spacial score (nSPS) is 14.3. The van der Waals surface area contributed by atoms with E-state index in [9.17, 15) is 4.79 Å². The van der Waals surface area contributed by atoms with Gasteiger partial charge in [-0.3, -0.25) is 4.79 Å². The van der Waals surface area contributed by atoms with E-state index in [4.69, 9.17) is 33.7 Å². The average molecular weight is 303 g/mol. The molecule has 0 unspecified atom stereocenters. The molecule has 0 aromatic heterocycles. The van der Waals surface area contributed by atoms with Gasteiger partial charge in [0.2, 0.25) is 0 Å². The lowest BCUT2D eigenvalue weighted by molar-refractivity contribution is -0.133. The van der Waals surface area contributed by atoms with Gasteiger partial charge in [0.1, 0.15) is 5.75 Å². The van der Waals surface area contributed by atoms with Crippen LogP contribution in [0.1, 0.15) is 19.8 Å². The number of rotatable bonds is 5. The number of ether oxygens (including phenoxy) is 1. The summed E-state index contributed by atoms with van der Waals surface area (Å²) < 4.78 is 5.44. The Morgan fingerprint density at radius 3 is 2.63 bits per heavy atom. The number of nitrogen functional groups attached to an aromatic ring is 1. The van der Waals surface area contributed by atoms with Crippen molar-refractivity contribution in [2.45, 2.75) is 25.8 Å². The number of hydrogen-bond donors (Lipinski definition) is 1.